The number of hydrogen-bond donors (Lipinski definition) is 3. The van der Waals surface area contributed by atoms with Crippen LogP contribution in [0.15, 0.2) is 62.6 Å². The first-order chi connectivity index (χ1) is 17.9. The van der Waals surface area contributed by atoms with Gasteiger partial charge >= 0.3 is 0 Å². The van der Waals surface area contributed by atoms with Crippen molar-refractivity contribution in [2.45, 2.75) is 57.5 Å². The van der Waals surface area contributed by atoms with Gasteiger partial charge in [-0.15, -0.1) is 0 Å². The molecule has 9 heteroatoms. The largest absolute Gasteiger partial charge is 0.460 e. The van der Waals surface area contributed by atoms with Gasteiger partial charge in [-0.05, 0) is 56.2 Å². The van der Waals surface area contributed by atoms with Gasteiger partial charge < -0.3 is 29.7 Å². The Balaban J connectivity index is 1.56. The highest BCUT2D eigenvalue weighted by Crippen LogP contribution is 2.45. The average molecular weight is 580 g/mol. The molecule has 1 aliphatic carbocycles. The summed E-state index contributed by atoms with van der Waals surface area (Å²) in [7, 11) is 0. The summed E-state index contributed by atoms with van der Waals surface area (Å²) in [5.74, 6) is -0.378. The van der Waals surface area contributed by atoms with E-state index in [1.807, 2.05) is 44.2 Å². The molecule has 3 aliphatic heterocycles. The quantitative estimate of drug-likeness (QED) is 0.487. The van der Waals surface area contributed by atoms with Crippen LogP contribution in [0.3, 0.4) is 0 Å². The minimum atomic E-state index is -2.32. The number of rotatable bonds is 2. The van der Waals surface area contributed by atoms with Crippen LogP contribution in [0.4, 0.5) is 0 Å². The van der Waals surface area contributed by atoms with Crippen LogP contribution in [0.5, 0.6) is 5.75 Å². The predicted octanol–water partition coefficient (Wildman–Crippen LogP) is 1.31. The molecule has 3 N–H and O–H groups in total. The van der Waals surface area contributed by atoms with Gasteiger partial charge in [-0.2, -0.15) is 0 Å². The van der Waals surface area contributed by atoms with Crippen molar-refractivity contribution in [2.24, 2.45) is 0 Å². The first-order valence-corrected chi connectivity index (χ1v) is 13.1. The highest BCUT2D eigenvalue weighted by atomic mass is 79.9. The molecule has 0 bridgehead atoms. The van der Waals surface area contributed by atoms with E-state index < -0.39 is 35.6 Å². The Morgan fingerprint density at radius 2 is 1.84 bits per heavy atom. The van der Waals surface area contributed by atoms with E-state index in [-0.39, 0.29) is 27.9 Å². The smallest absolute Gasteiger partial charge is 0.236 e. The van der Waals surface area contributed by atoms with E-state index in [9.17, 15) is 24.9 Å². The third kappa shape index (κ3) is 3.29. The van der Waals surface area contributed by atoms with E-state index >= 15 is 0 Å². The van der Waals surface area contributed by atoms with Crippen molar-refractivity contribution in [3.05, 3.63) is 95.2 Å². The van der Waals surface area contributed by atoms with Gasteiger partial charge in [-0.1, -0.05) is 34.6 Å². The van der Waals surface area contributed by atoms with Gasteiger partial charge in [-0.3, -0.25) is 9.59 Å². The molecule has 0 spiro atoms. The third-order valence-corrected chi connectivity index (χ3v) is 8.51. The van der Waals surface area contributed by atoms with Crippen LogP contribution < -0.4 is 20.6 Å². The number of benzene rings is 1. The number of nitrogens with zero attached hydrogens (tertiary/aromatic N) is 1. The number of halogens is 1. The molecular weight excluding hydrogens is 554 g/mol. The summed E-state index contributed by atoms with van der Waals surface area (Å²) in [5.41, 5.74) is 0.657. The Morgan fingerprint density at radius 1 is 1.16 bits per heavy atom. The Morgan fingerprint density at radius 3 is 2.53 bits per heavy atom. The zero-order valence-corrected chi connectivity index (χ0v) is 22.6. The molecule has 6 rings (SSSR count). The minimum Gasteiger partial charge on any atom is -0.460 e. The predicted molar refractivity (Wildman–Crippen MR) is 142 cm³/mol. The number of hydrogen-bond acceptors (Lipinski definition) is 8. The number of aliphatic hydroxyl groups is 3. The van der Waals surface area contributed by atoms with Gasteiger partial charge in [0, 0.05) is 44.0 Å². The molecule has 196 valence electrons. The van der Waals surface area contributed by atoms with E-state index in [1.165, 1.54) is 13.0 Å². The van der Waals surface area contributed by atoms with E-state index in [0.717, 1.165) is 21.4 Å². The molecule has 4 aliphatic rings. The highest BCUT2D eigenvalue weighted by molar-refractivity contribution is 9.10. The average Bonchev–Trinajstić information content (AvgIpc) is 3.28. The second-order valence-corrected chi connectivity index (χ2v) is 11.1. The minimum absolute atomic E-state index is 0.0494. The van der Waals surface area contributed by atoms with Gasteiger partial charge in [0.2, 0.25) is 6.29 Å². The van der Waals surface area contributed by atoms with Gasteiger partial charge in [0.25, 0.3) is 0 Å². The van der Waals surface area contributed by atoms with Crippen LogP contribution in [-0.2, 0) is 16.9 Å². The van der Waals surface area contributed by atoms with Crippen molar-refractivity contribution in [1.29, 1.82) is 0 Å². The number of allylic oxidation sites excluding steroid dienone is 4. The molecule has 1 fully saturated rings. The van der Waals surface area contributed by atoms with E-state index in [2.05, 4.69) is 27.4 Å². The fourth-order valence-electron chi connectivity index (χ4n) is 5.92. The molecule has 5 atom stereocenters. The zero-order chi connectivity index (χ0) is 27.3. The molecule has 38 heavy (non-hydrogen) atoms. The molecule has 0 amide bonds. The van der Waals surface area contributed by atoms with Crippen LogP contribution in [0.25, 0.3) is 12.2 Å². The van der Waals surface area contributed by atoms with Gasteiger partial charge in [0.1, 0.15) is 18.0 Å². The van der Waals surface area contributed by atoms with Crippen molar-refractivity contribution in [2.75, 3.05) is 0 Å². The number of carbonyl (C=O) groups excluding carboxylic acids is 1. The van der Waals surface area contributed by atoms with Gasteiger partial charge in [0.05, 0.1) is 11.7 Å². The van der Waals surface area contributed by atoms with Crippen LogP contribution in [-0.4, -0.2) is 50.6 Å². The molecule has 2 aromatic rings. The summed E-state index contributed by atoms with van der Waals surface area (Å²) < 4.78 is 12.5. The van der Waals surface area contributed by atoms with Crippen LogP contribution >= 0.6 is 15.9 Å². The van der Waals surface area contributed by atoms with E-state index in [1.54, 1.807) is 0 Å². The maximum Gasteiger partial charge on any atom is 0.236 e. The summed E-state index contributed by atoms with van der Waals surface area (Å²) in [6, 6.07) is 9.12. The van der Waals surface area contributed by atoms with Crippen molar-refractivity contribution in [1.82, 2.24) is 4.90 Å². The summed E-state index contributed by atoms with van der Waals surface area (Å²) in [4.78, 5) is 29.3. The first-order valence-electron chi connectivity index (χ1n) is 12.3. The summed E-state index contributed by atoms with van der Waals surface area (Å²) in [6.07, 6.45) is -3.57. The molecule has 0 saturated carbocycles. The Labute approximate surface area is 226 Å². The topological polar surface area (TPSA) is 117 Å². The summed E-state index contributed by atoms with van der Waals surface area (Å²) in [6.45, 7) is 10.1. The lowest BCUT2D eigenvalue weighted by Crippen LogP contribution is -2.63. The fraction of sp³-hybridized carbons (Fsp3) is 0.310. The fourth-order valence-corrected chi connectivity index (χ4v) is 6.19. The van der Waals surface area contributed by atoms with Crippen molar-refractivity contribution in [3.63, 3.8) is 0 Å². The SMILES string of the molecule is C=c1c2c(c(=O)cc3c1=C1C=C(C)N(Cc4ccc(Br)cc4)C(C)=C1C3=O)[C@]1(O)[C@H](O2)O[C@H](C)[C@H](O)[C@H]1O. The Hall–Kier alpha value is -3.08. The maximum atomic E-state index is 13.8. The second kappa shape index (κ2) is 8.46. The number of fused-ring (bicyclic) bond motifs is 5. The molecule has 0 aromatic heterocycles. The Bertz CT molecular complexity index is 1660. The summed E-state index contributed by atoms with van der Waals surface area (Å²) in [5, 5.41) is 33.3. The molecule has 8 nitrogen and oxygen atoms in total. The molecule has 1 saturated heterocycles. The van der Waals surface area contributed by atoms with Crippen LogP contribution in [0.1, 0.15) is 42.3 Å². The number of ketones is 1. The second-order valence-electron chi connectivity index (χ2n) is 10.2. The number of carbonyl (C=O) groups is 1. The Kier molecular flexibility index (Phi) is 5.61. The zero-order valence-electron chi connectivity index (χ0n) is 21.0. The first kappa shape index (κ1) is 25.2. The lowest BCUT2D eigenvalue weighted by atomic mass is 9.82. The molecule has 2 aromatic carbocycles. The number of Topliss-reactive ketones (excluding diaryl/α,β-unsaturated/α-hetero) is 1. The monoisotopic (exact) mass is 579 g/mol. The van der Waals surface area contributed by atoms with Crippen molar-refractivity contribution < 1.29 is 29.6 Å². The van der Waals surface area contributed by atoms with Crippen molar-refractivity contribution in [3.8, 4) is 5.75 Å². The molecule has 3 heterocycles. The molecular formula is C29H26BrNO7. The van der Waals surface area contributed by atoms with Crippen LogP contribution in [0.2, 0.25) is 0 Å². The van der Waals surface area contributed by atoms with Crippen LogP contribution in [0, 0.1) is 0 Å². The maximum absolute atomic E-state index is 13.8. The van der Waals surface area contributed by atoms with Gasteiger partial charge in [0.15, 0.2) is 16.8 Å². The summed E-state index contributed by atoms with van der Waals surface area (Å²) >= 11 is 3.45. The van der Waals surface area contributed by atoms with Crippen molar-refractivity contribution >= 4 is 33.9 Å². The highest BCUT2D eigenvalue weighted by Gasteiger charge is 2.62. The number of ether oxygens (including phenoxy) is 2. The number of aliphatic hydroxyl groups excluding tert-OH is 2. The standard InChI is InChI=1S/C29H26BrNO7/c1-12-9-18-21-13(2)26-23(29(36)27(35)24(33)15(4)37-28(29)38-26)20(32)10-19(21)25(34)22(18)14(3)31(12)11-16-5-7-17(30)8-6-16/h5-10,15,24,27-28,33,35-36H,2,11H2,1,3-4H3/t15-,24+,27-,28+,29-/m1/s1. The van der Waals surface area contributed by atoms with E-state index in [4.69, 9.17) is 9.47 Å². The molecule has 0 radical (unpaired) electrons. The third-order valence-electron chi connectivity index (χ3n) is 7.98. The molecule has 0 unspecified atom stereocenters. The van der Waals surface area contributed by atoms with E-state index in [0.29, 0.717) is 22.9 Å². The lowest BCUT2D eigenvalue weighted by Gasteiger charge is -2.42. The van der Waals surface area contributed by atoms with Gasteiger partial charge in [-0.25, -0.2) is 0 Å². The normalized spacial score (nSPS) is 29.4. The lowest BCUT2D eigenvalue weighted by molar-refractivity contribution is -0.307.